The molecule has 1 saturated heterocycles. The lowest BCUT2D eigenvalue weighted by Gasteiger charge is -2.27. The lowest BCUT2D eigenvalue weighted by atomic mass is 10.1. The lowest BCUT2D eigenvalue weighted by Crippen LogP contribution is -2.45. The summed E-state index contributed by atoms with van der Waals surface area (Å²) in [6.07, 6.45) is -0.460. The van der Waals surface area contributed by atoms with E-state index >= 15 is 0 Å². The van der Waals surface area contributed by atoms with Crippen molar-refractivity contribution in [3.63, 3.8) is 0 Å². The van der Waals surface area contributed by atoms with Gasteiger partial charge < -0.3 is 14.6 Å². The number of hydrogen-bond donors (Lipinski definition) is 1. The lowest BCUT2D eigenvalue weighted by molar-refractivity contribution is -0.136. The van der Waals surface area contributed by atoms with E-state index in [1.165, 1.54) is 7.11 Å². The average molecular weight is 286 g/mol. The van der Waals surface area contributed by atoms with Gasteiger partial charge in [0, 0.05) is 0 Å². The van der Waals surface area contributed by atoms with Crippen LogP contribution in [0, 0.1) is 0 Å². The average Bonchev–Trinajstić information content (AvgIpc) is 2.27. The van der Waals surface area contributed by atoms with Gasteiger partial charge in [-0.15, -0.1) is 0 Å². The van der Waals surface area contributed by atoms with Crippen molar-refractivity contribution in [3.05, 3.63) is 23.8 Å². The maximum atomic E-state index is 11.0. The van der Waals surface area contributed by atoms with Crippen LogP contribution in [0.2, 0.25) is 0 Å². The molecule has 0 unspecified atom stereocenters. The van der Waals surface area contributed by atoms with Crippen LogP contribution in [-0.2, 0) is 21.1 Å². The summed E-state index contributed by atoms with van der Waals surface area (Å²) in [5.41, 5.74) is 0.595. The third-order valence-corrected chi connectivity index (χ3v) is 4.52. The number of carboxylic acids is 1. The molecule has 1 aromatic carbocycles. The van der Waals surface area contributed by atoms with E-state index in [0.29, 0.717) is 17.1 Å². The van der Waals surface area contributed by atoms with Crippen LogP contribution in [-0.4, -0.2) is 44.2 Å². The fraction of sp³-hybridized carbons (Fsp3) is 0.417. The second-order valence-electron chi connectivity index (χ2n) is 4.37. The molecule has 1 fully saturated rings. The molecule has 1 aliphatic heterocycles. The molecular weight excluding hydrogens is 272 g/mol. The summed E-state index contributed by atoms with van der Waals surface area (Å²) in [6, 6.07) is 4.80. The summed E-state index contributed by atoms with van der Waals surface area (Å²) in [5.74, 6) is -0.0829. The van der Waals surface area contributed by atoms with Gasteiger partial charge in [-0.1, -0.05) is 6.07 Å². The van der Waals surface area contributed by atoms with Crippen molar-refractivity contribution in [2.45, 2.75) is 12.5 Å². The number of sulfone groups is 1. The Morgan fingerprint density at radius 2 is 2.05 bits per heavy atom. The molecule has 0 aromatic heterocycles. The largest absolute Gasteiger partial charge is 0.493 e. The van der Waals surface area contributed by atoms with Crippen LogP contribution >= 0.6 is 0 Å². The number of carbonyl (C=O) groups is 1. The van der Waals surface area contributed by atoms with Gasteiger partial charge in [0.1, 0.15) is 6.10 Å². The number of methoxy groups -OCH3 is 1. The van der Waals surface area contributed by atoms with Crippen LogP contribution in [0.4, 0.5) is 0 Å². The van der Waals surface area contributed by atoms with E-state index in [9.17, 15) is 13.2 Å². The zero-order chi connectivity index (χ0) is 14.0. The highest BCUT2D eigenvalue weighted by molar-refractivity contribution is 7.92. The molecule has 1 N–H and O–H groups in total. The number of rotatable bonds is 5. The Bertz CT molecular complexity index is 580. The number of hydrogen-bond acceptors (Lipinski definition) is 5. The Hall–Kier alpha value is -1.76. The molecule has 0 aliphatic carbocycles. The first kappa shape index (κ1) is 13.7. The van der Waals surface area contributed by atoms with Gasteiger partial charge in [0.15, 0.2) is 21.3 Å². The molecule has 0 spiro atoms. The van der Waals surface area contributed by atoms with Crippen LogP contribution in [0.5, 0.6) is 11.5 Å². The highest BCUT2D eigenvalue weighted by Crippen LogP contribution is 2.31. The van der Waals surface area contributed by atoms with Gasteiger partial charge in [-0.2, -0.15) is 0 Å². The van der Waals surface area contributed by atoms with E-state index in [1.54, 1.807) is 18.2 Å². The Labute approximate surface area is 110 Å². The third kappa shape index (κ3) is 3.37. The molecule has 1 aliphatic rings. The second-order valence-corrected chi connectivity index (χ2v) is 6.53. The van der Waals surface area contributed by atoms with Gasteiger partial charge in [-0.25, -0.2) is 8.42 Å². The normalized spacial score (nSPS) is 17.5. The van der Waals surface area contributed by atoms with E-state index in [-0.39, 0.29) is 24.0 Å². The monoisotopic (exact) mass is 286 g/mol. The van der Waals surface area contributed by atoms with Gasteiger partial charge in [0.05, 0.1) is 25.0 Å². The first-order valence-electron chi connectivity index (χ1n) is 5.65. The summed E-state index contributed by atoms with van der Waals surface area (Å²) >= 11 is 0. The Morgan fingerprint density at radius 3 is 2.58 bits per heavy atom. The molecule has 2 rings (SSSR count). The predicted molar refractivity (Wildman–Crippen MR) is 67.4 cm³/mol. The first-order valence-corrected chi connectivity index (χ1v) is 7.47. The molecule has 0 bridgehead atoms. The van der Waals surface area contributed by atoms with E-state index in [1.807, 2.05) is 0 Å². The van der Waals surface area contributed by atoms with Crippen LogP contribution in [0.25, 0.3) is 0 Å². The van der Waals surface area contributed by atoms with Crippen molar-refractivity contribution in [2.75, 3.05) is 18.6 Å². The summed E-state index contributed by atoms with van der Waals surface area (Å²) in [4.78, 5) is 10.6. The smallest absolute Gasteiger partial charge is 0.307 e. The van der Waals surface area contributed by atoms with Crippen molar-refractivity contribution in [2.24, 2.45) is 0 Å². The number of benzene rings is 1. The summed E-state index contributed by atoms with van der Waals surface area (Å²) in [7, 11) is -1.49. The quantitative estimate of drug-likeness (QED) is 0.847. The van der Waals surface area contributed by atoms with Crippen molar-refractivity contribution < 1.29 is 27.8 Å². The van der Waals surface area contributed by atoms with Gasteiger partial charge >= 0.3 is 5.97 Å². The number of carboxylic acid groups (broad SMARTS) is 1. The van der Waals surface area contributed by atoms with Gasteiger partial charge in [0.25, 0.3) is 0 Å². The molecule has 6 nitrogen and oxygen atoms in total. The van der Waals surface area contributed by atoms with E-state index < -0.39 is 15.8 Å². The minimum absolute atomic E-state index is 0.00698. The maximum Gasteiger partial charge on any atom is 0.307 e. The molecule has 0 radical (unpaired) electrons. The number of aliphatic carboxylic acids is 1. The molecule has 104 valence electrons. The van der Waals surface area contributed by atoms with Crippen molar-refractivity contribution in [3.8, 4) is 11.5 Å². The van der Waals surface area contributed by atoms with Crippen molar-refractivity contribution in [1.29, 1.82) is 0 Å². The highest BCUT2D eigenvalue weighted by Gasteiger charge is 2.35. The molecule has 0 saturated carbocycles. The van der Waals surface area contributed by atoms with E-state index in [4.69, 9.17) is 14.6 Å². The molecule has 19 heavy (non-hydrogen) atoms. The molecule has 1 aromatic rings. The van der Waals surface area contributed by atoms with Gasteiger partial charge in [0.2, 0.25) is 0 Å². The van der Waals surface area contributed by atoms with Crippen LogP contribution < -0.4 is 9.47 Å². The van der Waals surface area contributed by atoms with Gasteiger partial charge in [-0.3, -0.25) is 4.79 Å². The standard InChI is InChI=1S/C12H14O6S/c1-17-11-4-8(5-12(13)14)2-3-10(11)18-9-6-19(15,16)7-9/h2-4,9H,5-7H2,1H3,(H,13,14). The van der Waals surface area contributed by atoms with E-state index in [0.717, 1.165) is 0 Å². The minimum atomic E-state index is -2.94. The Kier molecular flexibility index (Phi) is 3.66. The fourth-order valence-corrected chi connectivity index (χ4v) is 3.03. The maximum absolute atomic E-state index is 11.0. The Morgan fingerprint density at radius 1 is 1.37 bits per heavy atom. The summed E-state index contributed by atoms with van der Waals surface area (Å²) < 4.78 is 32.7. The van der Waals surface area contributed by atoms with Crippen molar-refractivity contribution in [1.82, 2.24) is 0 Å². The van der Waals surface area contributed by atoms with Gasteiger partial charge in [-0.05, 0) is 17.7 Å². The molecule has 1 heterocycles. The zero-order valence-electron chi connectivity index (χ0n) is 10.3. The molecule has 0 amide bonds. The van der Waals surface area contributed by atoms with E-state index in [2.05, 4.69) is 0 Å². The zero-order valence-corrected chi connectivity index (χ0v) is 11.1. The topological polar surface area (TPSA) is 89.9 Å². The third-order valence-electron chi connectivity index (χ3n) is 2.76. The minimum Gasteiger partial charge on any atom is -0.493 e. The molecule has 0 atom stereocenters. The van der Waals surface area contributed by atoms with Crippen LogP contribution in [0.15, 0.2) is 18.2 Å². The van der Waals surface area contributed by atoms with Crippen LogP contribution in [0.3, 0.4) is 0 Å². The SMILES string of the molecule is COc1cc(CC(=O)O)ccc1OC1CS(=O)(=O)C1. The fourth-order valence-electron chi connectivity index (χ4n) is 1.86. The predicted octanol–water partition coefficient (Wildman–Crippen LogP) is 0.498. The molecular formula is C12H14O6S. The second kappa shape index (κ2) is 5.08. The summed E-state index contributed by atoms with van der Waals surface area (Å²) in [5, 5.41) is 8.71. The molecule has 7 heteroatoms. The van der Waals surface area contributed by atoms with Crippen LogP contribution in [0.1, 0.15) is 5.56 Å². The first-order chi connectivity index (χ1) is 8.89. The van der Waals surface area contributed by atoms with Crippen molar-refractivity contribution >= 4 is 15.8 Å². The summed E-state index contributed by atoms with van der Waals surface area (Å²) in [6.45, 7) is 0. The Balaban J connectivity index is 2.10. The highest BCUT2D eigenvalue weighted by atomic mass is 32.2. The number of ether oxygens (including phenoxy) is 2.